The van der Waals surface area contributed by atoms with Gasteiger partial charge in [-0.05, 0) is 43.3 Å². The Morgan fingerprint density at radius 3 is 2.50 bits per heavy atom. The molecule has 3 unspecified atom stereocenters. The quantitative estimate of drug-likeness (QED) is 0.194. The van der Waals surface area contributed by atoms with Gasteiger partial charge in [-0.15, -0.1) is 0 Å². The average molecular weight is 577 g/mol. The maximum Gasteiger partial charge on any atom is 0.255 e. The number of hydrogen-bond donors (Lipinski definition) is 0. The van der Waals surface area contributed by atoms with Gasteiger partial charge in [0.1, 0.15) is 22.9 Å². The normalized spacial score (nSPS) is 20.6. The van der Waals surface area contributed by atoms with Crippen LogP contribution in [-0.4, -0.2) is 9.78 Å². The summed E-state index contributed by atoms with van der Waals surface area (Å²) in [6, 6.07) is 35.4. The van der Waals surface area contributed by atoms with Gasteiger partial charge < -0.3 is 4.42 Å². The fraction of sp³-hybridized carbons (Fsp3) is 0.256. The largest absolute Gasteiger partial charge is 0.455 e. The summed E-state index contributed by atoms with van der Waals surface area (Å²) in [5.74, 6) is 0. The molecule has 0 spiro atoms. The zero-order valence-corrected chi connectivity index (χ0v) is 25.9. The third-order valence-electron chi connectivity index (χ3n) is 10.5. The summed E-state index contributed by atoms with van der Waals surface area (Å²) in [5, 5.41) is 8.91. The number of nitrogens with zero attached hydrogens (tertiary/aromatic N) is 4. The van der Waals surface area contributed by atoms with E-state index in [-0.39, 0.29) is 23.0 Å². The van der Waals surface area contributed by atoms with Gasteiger partial charge in [-0.3, -0.25) is 0 Å². The van der Waals surface area contributed by atoms with Crippen LogP contribution in [0.15, 0.2) is 108 Å². The maximum absolute atomic E-state index is 6.72. The van der Waals surface area contributed by atoms with Crippen molar-refractivity contribution in [2.45, 2.75) is 64.1 Å². The Labute approximate surface area is 257 Å². The maximum atomic E-state index is 6.72. The number of aromatic nitrogens is 4. The molecule has 0 fully saturated rings. The Bertz CT molecular complexity index is 2300. The molecule has 2 aliphatic heterocycles. The molecule has 5 heteroatoms. The highest BCUT2D eigenvalue weighted by Crippen LogP contribution is 2.52. The molecule has 4 aromatic heterocycles. The molecule has 7 aromatic rings. The number of fused-ring (bicyclic) bond motifs is 12. The van der Waals surface area contributed by atoms with Gasteiger partial charge in [0.05, 0.1) is 11.3 Å². The van der Waals surface area contributed by atoms with Crippen molar-refractivity contribution in [2.24, 2.45) is 0 Å². The highest BCUT2D eigenvalue weighted by Gasteiger charge is 2.65. The molecule has 44 heavy (non-hydrogen) atoms. The molecule has 0 saturated heterocycles. The monoisotopic (exact) mass is 576 g/mol. The molecule has 3 atom stereocenters. The molecule has 0 saturated carbocycles. The zero-order valence-electron chi connectivity index (χ0n) is 25.9. The third kappa shape index (κ3) is 3.12. The van der Waals surface area contributed by atoms with Crippen molar-refractivity contribution < 1.29 is 13.6 Å². The SMILES string of the molecule is CCC1(C2c3ccc4c(oc5ccccc54)c3-c3ccc4ccccc4[n+]32)C(C)n2nc(C(C)(C)C)cc2-c2cccc[n+]21. The van der Waals surface area contributed by atoms with Gasteiger partial charge in [-0.25, -0.2) is 4.68 Å². The second kappa shape index (κ2) is 8.66. The lowest BCUT2D eigenvalue weighted by molar-refractivity contribution is -0.831. The molecule has 5 nitrogen and oxygen atoms in total. The lowest BCUT2D eigenvalue weighted by Crippen LogP contribution is -2.70. The third-order valence-corrected chi connectivity index (χ3v) is 10.5. The lowest BCUT2D eigenvalue weighted by atomic mass is 9.75. The van der Waals surface area contributed by atoms with E-state index in [1.54, 1.807) is 0 Å². The van der Waals surface area contributed by atoms with Crippen LogP contribution < -0.4 is 9.13 Å². The minimum atomic E-state index is -0.362. The van der Waals surface area contributed by atoms with Crippen LogP contribution in [0.1, 0.15) is 64.4 Å². The van der Waals surface area contributed by atoms with Crippen molar-refractivity contribution in [1.82, 2.24) is 9.78 Å². The predicted octanol–water partition coefficient (Wildman–Crippen LogP) is 8.43. The van der Waals surface area contributed by atoms with E-state index in [0.717, 1.165) is 28.7 Å². The van der Waals surface area contributed by atoms with E-state index < -0.39 is 0 Å². The molecule has 216 valence electrons. The minimum absolute atomic E-state index is 0.00204. The first-order valence-electron chi connectivity index (χ1n) is 15.8. The second-order valence-corrected chi connectivity index (χ2v) is 13.6. The van der Waals surface area contributed by atoms with Crippen molar-refractivity contribution in [1.29, 1.82) is 0 Å². The van der Waals surface area contributed by atoms with Crippen molar-refractivity contribution >= 4 is 32.8 Å². The van der Waals surface area contributed by atoms with Gasteiger partial charge in [0, 0.05) is 57.8 Å². The van der Waals surface area contributed by atoms with Crippen molar-refractivity contribution in [2.75, 3.05) is 0 Å². The summed E-state index contributed by atoms with van der Waals surface area (Å²) < 4.78 is 14.2. The van der Waals surface area contributed by atoms with E-state index in [0.29, 0.717) is 0 Å². The van der Waals surface area contributed by atoms with E-state index in [1.807, 2.05) is 0 Å². The molecular weight excluding hydrogens is 540 g/mol. The molecule has 3 aromatic carbocycles. The average Bonchev–Trinajstić information content (AvgIpc) is 3.74. The molecule has 0 radical (unpaired) electrons. The Hall–Kier alpha value is -4.77. The predicted molar refractivity (Wildman–Crippen MR) is 175 cm³/mol. The first-order valence-corrected chi connectivity index (χ1v) is 15.8. The van der Waals surface area contributed by atoms with Gasteiger partial charge in [0.2, 0.25) is 16.9 Å². The van der Waals surface area contributed by atoms with Crippen LogP contribution in [0.4, 0.5) is 0 Å². The van der Waals surface area contributed by atoms with Crippen LogP contribution in [0.2, 0.25) is 0 Å². The Kier molecular flexibility index (Phi) is 5.06. The molecule has 0 aliphatic carbocycles. The van der Waals surface area contributed by atoms with E-state index >= 15 is 0 Å². The van der Waals surface area contributed by atoms with Crippen LogP contribution in [0, 0.1) is 0 Å². The number of rotatable bonds is 2. The molecule has 0 bridgehead atoms. The van der Waals surface area contributed by atoms with Gasteiger partial charge in [-0.2, -0.15) is 14.2 Å². The summed E-state index contributed by atoms with van der Waals surface area (Å²) in [7, 11) is 0. The Morgan fingerprint density at radius 1 is 0.864 bits per heavy atom. The molecular formula is C39H36N4O+2. The van der Waals surface area contributed by atoms with E-state index in [9.17, 15) is 0 Å². The number of furan rings is 1. The topological polar surface area (TPSA) is 38.7 Å². The zero-order chi connectivity index (χ0) is 30.0. The minimum Gasteiger partial charge on any atom is -0.455 e. The summed E-state index contributed by atoms with van der Waals surface area (Å²) in [6.07, 6.45) is 3.21. The molecule has 6 heterocycles. The van der Waals surface area contributed by atoms with Gasteiger partial charge in [0.25, 0.3) is 11.6 Å². The van der Waals surface area contributed by atoms with E-state index in [1.165, 1.54) is 44.5 Å². The first kappa shape index (κ1) is 25.7. The molecule has 0 amide bonds. The van der Waals surface area contributed by atoms with E-state index in [2.05, 4.69) is 152 Å². The van der Waals surface area contributed by atoms with Crippen molar-refractivity contribution in [3.8, 4) is 22.6 Å². The number of hydrogen-bond acceptors (Lipinski definition) is 2. The second-order valence-electron chi connectivity index (χ2n) is 13.6. The van der Waals surface area contributed by atoms with Crippen LogP contribution in [0.25, 0.3) is 55.5 Å². The van der Waals surface area contributed by atoms with Crippen molar-refractivity contribution in [3.05, 3.63) is 115 Å². The highest BCUT2D eigenvalue weighted by atomic mass is 16.3. The summed E-state index contributed by atoms with van der Waals surface area (Å²) in [4.78, 5) is 0. The number of benzene rings is 3. The van der Waals surface area contributed by atoms with Crippen LogP contribution >= 0.6 is 0 Å². The fourth-order valence-corrected chi connectivity index (χ4v) is 8.33. The summed E-state index contributed by atoms with van der Waals surface area (Å²) in [6.45, 7) is 11.5. The van der Waals surface area contributed by atoms with Crippen LogP contribution in [0.5, 0.6) is 0 Å². The van der Waals surface area contributed by atoms with Crippen LogP contribution in [-0.2, 0) is 11.0 Å². The Balaban J connectivity index is 1.42. The number of pyridine rings is 2. The van der Waals surface area contributed by atoms with Crippen LogP contribution in [0.3, 0.4) is 0 Å². The molecule has 9 rings (SSSR count). The molecule has 0 N–H and O–H groups in total. The standard InChI is InChI=1S/C39H36N4O/c1-6-39(24(2)43-32(23-34(40-43)38(3,4)5)30-16-11-12-22-41(30)39)37-28-20-19-27-26-14-8-10-17-33(26)44-36(27)35(28)31-21-18-25-13-7-9-15-29(25)42(31)37/h7-24,37H,6H2,1-5H3/q+2. The van der Waals surface area contributed by atoms with Crippen molar-refractivity contribution in [3.63, 3.8) is 0 Å². The highest BCUT2D eigenvalue weighted by molar-refractivity contribution is 6.10. The van der Waals surface area contributed by atoms with Gasteiger partial charge in [0.15, 0.2) is 6.20 Å². The van der Waals surface area contributed by atoms with E-state index in [4.69, 9.17) is 9.52 Å². The van der Waals surface area contributed by atoms with Gasteiger partial charge in [-0.1, -0.05) is 64.1 Å². The lowest BCUT2D eigenvalue weighted by Gasteiger charge is -2.39. The summed E-state index contributed by atoms with van der Waals surface area (Å²) >= 11 is 0. The fourth-order valence-electron chi connectivity index (χ4n) is 8.33. The molecule has 2 aliphatic rings. The Morgan fingerprint density at radius 2 is 1.66 bits per heavy atom. The first-order chi connectivity index (χ1) is 21.3. The smallest absolute Gasteiger partial charge is 0.255 e. The van der Waals surface area contributed by atoms with Gasteiger partial charge >= 0.3 is 0 Å². The number of para-hydroxylation sites is 2. The summed E-state index contributed by atoms with van der Waals surface area (Å²) in [5.41, 5.74) is 9.93.